The smallest absolute Gasteiger partial charge is 0.325 e. The Morgan fingerprint density at radius 1 is 0.776 bits per heavy atom. The Bertz CT molecular complexity index is 1710. The van der Waals surface area contributed by atoms with Crippen LogP contribution < -0.4 is 49.1 Å². The number of nitrogens with two attached hydrogens (primary N) is 3. The molecule has 1 aromatic carbocycles. The summed E-state index contributed by atoms with van der Waals surface area (Å²) in [7, 11) is 0. The molecular weight excluding hydrogens is 777 g/mol. The number of aromatic nitrogens is 2. The van der Waals surface area contributed by atoms with E-state index in [-0.39, 0.29) is 43.9 Å². The standard InChI is InChI=1S/C36H56N12O9S/c1-18(2)27(47-29(50)23(37)16-58)33(54)46-26(14-22-15-40-17-42-22)32(53)48-28(20(4)49)34(55)45-25(13-21-9-6-5-7-10-21)31(52)44-24(11-8-12-41-36(38)39)30(51)43-19(3)35(56)57/h5-7,9-10,15,17-20,23-28,49,58H,8,11-14,16,37H2,1-4H3,(H,40,42)(H,43,51)(H,44,52)(H,45,55)(H,46,54)(H,47,50)(H,48,53)(H,56,57)(H4,38,39,41)/t19-,20+,23-,24-,25-,26-,27-,28-/m0/s1. The second-order valence-electron chi connectivity index (χ2n) is 13.9. The number of nitrogens with one attached hydrogen (secondary N) is 7. The van der Waals surface area contributed by atoms with Gasteiger partial charge >= 0.3 is 5.97 Å². The number of carboxylic acid groups (broad SMARTS) is 1. The third-order valence-electron chi connectivity index (χ3n) is 8.68. The van der Waals surface area contributed by atoms with Crippen molar-refractivity contribution in [3.8, 4) is 0 Å². The molecular formula is C36H56N12O9S. The first-order valence-corrected chi connectivity index (χ1v) is 19.1. The summed E-state index contributed by atoms with van der Waals surface area (Å²) in [6.07, 6.45) is 1.17. The monoisotopic (exact) mass is 832 g/mol. The van der Waals surface area contributed by atoms with Crippen LogP contribution in [0.2, 0.25) is 0 Å². The molecule has 58 heavy (non-hydrogen) atoms. The SMILES string of the molecule is CC(C)[C@H](NC(=O)[C@@H](N)CS)C(=O)N[C@@H](Cc1cnc[nH]1)C(=O)N[C@H](C(=O)N[C@@H](Cc1ccccc1)C(=O)N[C@@H](CCCN=C(N)N)C(=O)N[C@@H](C)C(=O)O)[C@@H](C)O. The number of benzene rings is 1. The van der Waals surface area contributed by atoms with E-state index in [1.807, 2.05) is 0 Å². The summed E-state index contributed by atoms with van der Waals surface area (Å²) in [4.78, 5) is 103. The molecule has 2 aromatic rings. The highest BCUT2D eigenvalue weighted by molar-refractivity contribution is 7.80. The van der Waals surface area contributed by atoms with E-state index in [1.54, 1.807) is 44.2 Å². The van der Waals surface area contributed by atoms with Gasteiger partial charge in [0.25, 0.3) is 0 Å². The summed E-state index contributed by atoms with van der Waals surface area (Å²) in [6, 6.07) is -0.608. The number of amides is 6. The van der Waals surface area contributed by atoms with Crippen LogP contribution in [-0.4, -0.2) is 128 Å². The number of aliphatic hydroxyl groups excluding tert-OH is 1. The minimum atomic E-state index is -1.68. The number of thiol groups is 1. The number of aliphatic imine (C=N–C) groups is 1. The van der Waals surface area contributed by atoms with Crippen molar-refractivity contribution < 1.29 is 43.8 Å². The number of carboxylic acids is 1. The molecule has 0 unspecified atom stereocenters. The molecule has 0 fully saturated rings. The van der Waals surface area contributed by atoms with E-state index < -0.39 is 95.7 Å². The van der Waals surface area contributed by atoms with E-state index in [1.165, 1.54) is 26.4 Å². The van der Waals surface area contributed by atoms with Crippen LogP contribution in [0.25, 0.3) is 0 Å². The Kier molecular flexibility index (Phi) is 20.1. The molecule has 0 saturated carbocycles. The summed E-state index contributed by atoms with van der Waals surface area (Å²) in [5.41, 5.74) is 17.6. The lowest BCUT2D eigenvalue weighted by atomic mass is 10.0. The van der Waals surface area contributed by atoms with E-state index in [2.05, 4.69) is 59.5 Å². The summed E-state index contributed by atoms with van der Waals surface area (Å²) < 4.78 is 0. The van der Waals surface area contributed by atoms with Gasteiger partial charge in [0.2, 0.25) is 35.4 Å². The molecule has 21 nitrogen and oxygen atoms in total. The van der Waals surface area contributed by atoms with E-state index in [9.17, 15) is 43.8 Å². The molecule has 1 aromatic heterocycles. The van der Waals surface area contributed by atoms with Gasteiger partial charge in [-0.2, -0.15) is 12.6 Å². The van der Waals surface area contributed by atoms with Gasteiger partial charge in [-0.15, -0.1) is 0 Å². The van der Waals surface area contributed by atoms with Crippen LogP contribution >= 0.6 is 12.6 Å². The van der Waals surface area contributed by atoms with Gasteiger partial charge in [0.15, 0.2) is 5.96 Å². The zero-order chi connectivity index (χ0) is 43.5. The Hall–Kier alpha value is -5.74. The van der Waals surface area contributed by atoms with Crippen molar-refractivity contribution >= 4 is 60.0 Å². The zero-order valence-corrected chi connectivity index (χ0v) is 33.7. The third-order valence-corrected chi connectivity index (χ3v) is 9.07. The molecule has 6 amide bonds. The minimum Gasteiger partial charge on any atom is -0.480 e. The third kappa shape index (κ3) is 16.4. The van der Waals surface area contributed by atoms with Crippen LogP contribution in [0.5, 0.6) is 0 Å². The molecule has 15 N–H and O–H groups in total. The number of H-pyrrole nitrogens is 1. The summed E-state index contributed by atoms with van der Waals surface area (Å²) in [6.45, 7) is 5.92. The molecule has 8 atom stereocenters. The van der Waals surface area contributed by atoms with Crippen LogP contribution in [0.1, 0.15) is 51.8 Å². The Morgan fingerprint density at radius 2 is 1.33 bits per heavy atom. The molecule has 0 aliphatic heterocycles. The van der Waals surface area contributed by atoms with Crippen molar-refractivity contribution in [2.75, 3.05) is 12.3 Å². The van der Waals surface area contributed by atoms with Gasteiger partial charge in [-0.05, 0) is 38.2 Å². The minimum absolute atomic E-state index is 0.0163. The van der Waals surface area contributed by atoms with Crippen LogP contribution in [0, 0.1) is 5.92 Å². The number of hydrogen-bond donors (Lipinski definition) is 13. The van der Waals surface area contributed by atoms with Gasteiger partial charge < -0.3 is 64.3 Å². The molecule has 0 spiro atoms. The lowest BCUT2D eigenvalue weighted by Gasteiger charge is -2.29. The number of nitrogens with zero attached hydrogens (tertiary/aromatic N) is 2. The van der Waals surface area contributed by atoms with Crippen molar-refractivity contribution in [2.24, 2.45) is 28.1 Å². The fourth-order valence-electron chi connectivity index (χ4n) is 5.37. The molecule has 320 valence electrons. The molecule has 22 heteroatoms. The van der Waals surface area contributed by atoms with E-state index in [0.717, 1.165) is 0 Å². The Morgan fingerprint density at radius 3 is 1.86 bits per heavy atom. The first-order valence-electron chi connectivity index (χ1n) is 18.5. The van der Waals surface area contributed by atoms with Gasteiger partial charge in [-0.25, -0.2) is 4.98 Å². The number of rotatable bonds is 24. The van der Waals surface area contributed by atoms with Crippen molar-refractivity contribution in [3.63, 3.8) is 0 Å². The van der Waals surface area contributed by atoms with Crippen LogP contribution in [0.15, 0.2) is 47.8 Å². The fourth-order valence-corrected chi connectivity index (χ4v) is 5.53. The quantitative estimate of drug-likeness (QED) is 0.0212. The predicted molar refractivity (Wildman–Crippen MR) is 216 cm³/mol. The maximum atomic E-state index is 13.9. The van der Waals surface area contributed by atoms with Crippen molar-refractivity contribution in [1.82, 2.24) is 41.9 Å². The number of carbonyl (C=O) groups excluding carboxylic acids is 6. The number of aliphatic hydroxyl groups is 1. The molecule has 2 rings (SSSR count). The number of guanidine groups is 1. The number of imidazole rings is 1. The van der Waals surface area contributed by atoms with Crippen molar-refractivity contribution in [3.05, 3.63) is 54.1 Å². The van der Waals surface area contributed by atoms with Crippen molar-refractivity contribution in [1.29, 1.82) is 0 Å². The normalized spacial score (nSPS) is 15.2. The highest BCUT2D eigenvalue weighted by atomic mass is 32.1. The average Bonchev–Trinajstić information content (AvgIpc) is 3.69. The number of aromatic amines is 1. The molecule has 0 saturated heterocycles. The largest absolute Gasteiger partial charge is 0.480 e. The first kappa shape index (κ1) is 48.4. The molecule has 0 aliphatic carbocycles. The second kappa shape index (κ2) is 24.1. The first-order chi connectivity index (χ1) is 27.3. The van der Waals surface area contributed by atoms with E-state index in [4.69, 9.17) is 17.2 Å². The van der Waals surface area contributed by atoms with Crippen molar-refractivity contribution in [2.45, 2.75) is 102 Å². The summed E-state index contributed by atoms with van der Waals surface area (Å²) in [5, 5.41) is 35.2. The number of aliphatic carboxylic acids is 1. The van der Waals surface area contributed by atoms with Crippen LogP contribution in [-0.2, 0) is 46.4 Å². The fraction of sp³-hybridized carbons (Fsp3) is 0.528. The van der Waals surface area contributed by atoms with Crippen LogP contribution in [0.3, 0.4) is 0 Å². The van der Waals surface area contributed by atoms with Gasteiger partial charge in [-0.1, -0.05) is 44.2 Å². The number of carbonyl (C=O) groups is 7. The molecule has 0 bridgehead atoms. The Balaban J connectivity index is 2.39. The summed E-state index contributed by atoms with van der Waals surface area (Å²) in [5.74, 6) is -6.86. The number of hydrogen-bond acceptors (Lipinski definition) is 12. The van der Waals surface area contributed by atoms with Gasteiger partial charge in [0, 0.05) is 37.0 Å². The topological polar surface area (TPSA) is 351 Å². The maximum Gasteiger partial charge on any atom is 0.325 e. The molecule has 0 aliphatic rings. The summed E-state index contributed by atoms with van der Waals surface area (Å²) >= 11 is 4.03. The second-order valence-corrected chi connectivity index (χ2v) is 14.3. The highest BCUT2D eigenvalue weighted by Crippen LogP contribution is 2.10. The highest BCUT2D eigenvalue weighted by Gasteiger charge is 2.35. The lowest BCUT2D eigenvalue weighted by molar-refractivity contribution is -0.142. The molecule has 0 radical (unpaired) electrons. The Labute approximate surface area is 341 Å². The lowest BCUT2D eigenvalue weighted by Crippen LogP contribution is -2.62. The van der Waals surface area contributed by atoms with E-state index in [0.29, 0.717) is 11.3 Å². The maximum absolute atomic E-state index is 13.9. The van der Waals surface area contributed by atoms with Gasteiger partial charge in [0.05, 0.1) is 18.5 Å². The zero-order valence-electron chi connectivity index (χ0n) is 32.8. The average molecular weight is 833 g/mol. The van der Waals surface area contributed by atoms with Gasteiger partial charge in [-0.3, -0.25) is 38.6 Å². The molecule has 1 heterocycles. The van der Waals surface area contributed by atoms with Gasteiger partial charge in [0.1, 0.15) is 36.3 Å². The predicted octanol–water partition coefficient (Wildman–Crippen LogP) is -3.44. The van der Waals surface area contributed by atoms with E-state index >= 15 is 0 Å². The van der Waals surface area contributed by atoms with Crippen LogP contribution in [0.4, 0.5) is 0 Å².